The Bertz CT molecular complexity index is 532. The van der Waals surface area contributed by atoms with Crippen molar-refractivity contribution in [3.8, 4) is 0 Å². The van der Waals surface area contributed by atoms with Gasteiger partial charge in [-0.2, -0.15) is 5.10 Å². The Kier molecular flexibility index (Phi) is 4.50. The number of aryl methyl sites for hydroxylation is 1. The molecule has 1 aromatic heterocycles. The van der Waals surface area contributed by atoms with Crippen molar-refractivity contribution in [1.82, 2.24) is 20.4 Å². The van der Waals surface area contributed by atoms with E-state index >= 15 is 0 Å². The normalized spacial score (nSPS) is 16.7. The first-order valence-electron chi connectivity index (χ1n) is 7.17. The minimum atomic E-state index is -0.816. The number of carboxylic acids is 1. The van der Waals surface area contributed by atoms with E-state index in [2.05, 4.69) is 15.7 Å². The molecule has 21 heavy (non-hydrogen) atoms. The Balaban J connectivity index is 1.82. The summed E-state index contributed by atoms with van der Waals surface area (Å²) in [6.45, 7) is 2.49. The summed E-state index contributed by atoms with van der Waals surface area (Å²) in [6, 6.07) is -0.342. The van der Waals surface area contributed by atoms with Crippen molar-refractivity contribution in [2.24, 2.45) is 12.5 Å². The van der Waals surface area contributed by atoms with Crippen LogP contribution < -0.4 is 10.6 Å². The van der Waals surface area contributed by atoms with E-state index in [1.165, 1.54) is 0 Å². The number of carbonyl (C=O) groups excluding carboxylic acids is 1. The van der Waals surface area contributed by atoms with Crippen molar-refractivity contribution >= 4 is 12.0 Å². The number of urea groups is 1. The molecule has 0 atom stereocenters. The number of rotatable bonds is 5. The fourth-order valence-corrected chi connectivity index (χ4v) is 2.72. The molecule has 0 saturated heterocycles. The molecule has 1 aromatic rings. The fraction of sp³-hybridized carbons (Fsp3) is 0.643. The number of aromatic nitrogens is 2. The monoisotopic (exact) mass is 294 g/mol. The van der Waals surface area contributed by atoms with Gasteiger partial charge >= 0.3 is 12.0 Å². The number of hydrogen-bond donors (Lipinski definition) is 3. The number of hydrogen-bond acceptors (Lipinski definition) is 3. The third-order valence-corrected chi connectivity index (χ3v) is 4.38. The number of nitrogens with one attached hydrogen (secondary N) is 2. The molecule has 1 heterocycles. The second kappa shape index (κ2) is 6.15. The van der Waals surface area contributed by atoms with Gasteiger partial charge in [0, 0.05) is 31.4 Å². The number of amides is 2. The molecular formula is C14H22N4O3. The van der Waals surface area contributed by atoms with Crippen LogP contribution in [0.4, 0.5) is 4.79 Å². The first-order chi connectivity index (χ1) is 9.94. The van der Waals surface area contributed by atoms with Crippen molar-refractivity contribution < 1.29 is 14.7 Å². The summed E-state index contributed by atoms with van der Waals surface area (Å²) in [6.07, 6.45) is 4.79. The van der Waals surface area contributed by atoms with Crippen LogP contribution in [0.15, 0.2) is 6.20 Å². The summed E-state index contributed by atoms with van der Waals surface area (Å²) in [5, 5.41) is 18.9. The van der Waals surface area contributed by atoms with Crippen molar-refractivity contribution in [2.45, 2.75) is 39.2 Å². The van der Waals surface area contributed by atoms with Crippen molar-refractivity contribution in [2.75, 3.05) is 6.54 Å². The molecule has 7 nitrogen and oxygen atoms in total. The summed E-state index contributed by atoms with van der Waals surface area (Å²) in [5.41, 5.74) is 1.15. The van der Waals surface area contributed by atoms with E-state index in [4.69, 9.17) is 0 Å². The lowest BCUT2D eigenvalue weighted by Crippen LogP contribution is -2.44. The zero-order chi connectivity index (χ0) is 15.5. The van der Waals surface area contributed by atoms with Gasteiger partial charge in [0.05, 0.1) is 11.6 Å². The van der Waals surface area contributed by atoms with Crippen LogP contribution in [-0.4, -0.2) is 33.4 Å². The van der Waals surface area contributed by atoms with Crippen molar-refractivity contribution in [1.29, 1.82) is 0 Å². The molecule has 2 amide bonds. The van der Waals surface area contributed by atoms with Crippen LogP contribution in [0.25, 0.3) is 0 Å². The average molecular weight is 294 g/mol. The highest BCUT2D eigenvalue weighted by Crippen LogP contribution is 2.37. The smallest absolute Gasteiger partial charge is 0.315 e. The summed E-state index contributed by atoms with van der Waals surface area (Å²) >= 11 is 0. The lowest BCUT2D eigenvalue weighted by atomic mass is 9.86. The van der Waals surface area contributed by atoms with Gasteiger partial charge in [0.25, 0.3) is 0 Å². The van der Waals surface area contributed by atoms with Crippen LogP contribution in [0.2, 0.25) is 0 Å². The van der Waals surface area contributed by atoms with Gasteiger partial charge in [0.15, 0.2) is 0 Å². The van der Waals surface area contributed by atoms with Gasteiger partial charge in [-0.15, -0.1) is 0 Å². The molecule has 2 rings (SSSR count). The molecule has 1 aliphatic carbocycles. The summed E-state index contributed by atoms with van der Waals surface area (Å²) in [4.78, 5) is 23.2. The maximum Gasteiger partial charge on any atom is 0.315 e. The van der Waals surface area contributed by atoms with E-state index in [9.17, 15) is 14.7 Å². The van der Waals surface area contributed by atoms with Crippen LogP contribution in [0.3, 0.4) is 0 Å². The maximum absolute atomic E-state index is 11.8. The van der Waals surface area contributed by atoms with Crippen LogP contribution in [0, 0.1) is 12.3 Å². The Morgan fingerprint density at radius 3 is 2.57 bits per heavy atom. The van der Waals surface area contributed by atoms with E-state index in [0.717, 1.165) is 24.1 Å². The van der Waals surface area contributed by atoms with Gasteiger partial charge in [-0.3, -0.25) is 9.48 Å². The first kappa shape index (κ1) is 15.3. The van der Waals surface area contributed by atoms with Gasteiger partial charge in [0.1, 0.15) is 0 Å². The van der Waals surface area contributed by atoms with Crippen molar-refractivity contribution in [3.05, 3.63) is 17.5 Å². The average Bonchev–Trinajstić information content (AvgIpc) is 3.05. The Morgan fingerprint density at radius 1 is 1.38 bits per heavy atom. The molecule has 3 N–H and O–H groups in total. The van der Waals surface area contributed by atoms with E-state index in [1.54, 1.807) is 10.9 Å². The SMILES string of the molecule is Cc1c(CNC(=O)NCC2(C(=O)O)CCCC2)cnn1C. The molecule has 0 spiro atoms. The first-order valence-corrected chi connectivity index (χ1v) is 7.17. The van der Waals surface area contributed by atoms with E-state index in [1.807, 2.05) is 14.0 Å². The molecule has 1 fully saturated rings. The Morgan fingerprint density at radius 2 is 2.05 bits per heavy atom. The molecule has 0 unspecified atom stereocenters. The van der Waals surface area contributed by atoms with E-state index < -0.39 is 11.4 Å². The Labute approximate surface area is 123 Å². The van der Waals surface area contributed by atoms with Crippen LogP contribution in [0.1, 0.15) is 36.9 Å². The molecule has 1 aliphatic rings. The molecule has 0 bridgehead atoms. The minimum Gasteiger partial charge on any atom is -0.481 e. The van der Waals surface area contributed by atoms with Crippen LogP contribution >= 0.6 is 0 Å². The second-order valence-electron chi connectivity index (χ2n) is 5.71. The fourth-order valence-electron chi connectivity index (χ4n) is 2.72. The maximum atomic E-state index is 11.8. The van der Waals surface area contributed by atoms with Crippen molar-refractivity contribution in [3.63, 3.8) is 0 Å². The van der Waals surface area contributed by atoms with Gasteiger partial charge in [-0.25, -0.2) is 4.79 Å². The van der Waals surface area contributed by atoms with Crippen LogP contribution in [0.5, 0.6) is 0 Å². The minimum absolute atomic E-state index is 0.181. The molecule has 0 radical (unpaired) electrons. The van der Waals surface area contributed by atoms with Gasteiger partial charge in [-0.1, -0.05) is 12.8 Å². The summed E-state index contributed by atoms with van der Waals surface area (Å²) in [5.74, 6) is -0.816. The molecule has 116 valence electrons. The predicted molar refractivity (Wildman–Crippen MR) is 76.7 cm³/mol. The van der Waals surface area contributed by atoms with Crippen LogP contribution in [-0.2, 0) is 18.4 Å². The van der Waals surface area contributed by atoms with Gasteiger partial charge < -0.3 is 15.7 Å². The van der Waals surface area contributed by atoms with Gasteiger partial charge in [0.2, 0.25) is 0 Å². The largest absolute Gasteiger partial charge is 0.481 e. The highest BCUT2D eigenvalue weighted by molar-refractivity contribution is 5.78. The summed E-state index contributed by atoms with van der Waals surface area (Å²) < 4.78 is 1.74. The number of nitrogens with zero attached hydrogens (tertiary/aromatic N) is 2. The predicted octanol–water partition coefficient (Wildman–Crippen LogP) is 1.17. The van der Waals surface area contributed by atoms with E-state index in [-0.39, 0.29) is 12.6 Å². The molecule has 7 heteroatoms. The highest BCUT2D eigenvalue weighted by Gasteiger charge is 2.41. The molecule has 0 aliphatic heterocycles. The quantitative estimate of drug-likeness (QED) is 0.759. The third-order valence-electron chi connectivity index (χ3n) is 4.38. The Hall–Kier alpha value is -2.05. The molecule has 0 aromatic carbocycles. The second-order valence-corrected chi connectivity index (χ2v) is 5.71. The molecule has 1 saturated carbocycles. The zero-order valence-electron chi connectivity index (χ0n) is 12.5. The molecular weight excluding hydrogens is 272 g/mol. The zero-order valence-corrected chi connectivity index (χ0v) is 12.5. The third kappa shape index (κ3) is 3.34. The topological polar surface area (TPSA) is 96.2 Å². The van der Waals surface area contributed by atoms with Gasteiger partial charge in [-0.05, 0) is 19.8 Å². The highest BCUT2D eigenvalue weighted by atomic mass is 16.4. The number of carboxylic acid groups (broad SMARTS) is 1. The van der Waals surface area contributed by atoms with E-state index in [0.29, 0.717) is 19.4 Å². The lowest BCUT2D eigenvalue weighted by Gasteiger charge is -2.24. The standard InChI is InChI=1S/C14H22N4O3/c1-10-11(8-17-18(10)2)7-15-13(21)16-9-14(12(19)20)5-3-4-6-14/h8H,3-7,9H2,1-2H3,(H,19,20)(H2,15,16,21). The number of carbonyl (C=O) groups is 2. The lowest BCUT2D eigenvalue weighted by molar-refractivity contribution is -0.148. The number of aliphatic carboxylic acids is 1. The summed E-state index contributed by atoms with van der Waals surface area (Å²) in [7, 11) is 1.84.